The normalized spacial score (nSPS) is 23.5. The van der Waals surface area contributed by atoms with Crippen LogP contribution in [0.4, 0.5) is 4.79 Å². The van der Waals surface area contributed by atoms with Gasteiger partial charge in [-0.2, -0.15) is 8.42 Å². The van der Waals surface area contributed by atoms with E-state index in [1.54, 1.807) is 27.9 Å². The molecule has 0 spiro atoms. The fourth-order valence-corrected chi connectivity index (χ4v) is 3.01. The van der Waals surface area contributed by atoms with Crippen molar-refractivity contribution in [2.24, 2.45) is 0 Å². The topological polar surface area (TPSA) is 105 Å². The fourth-order valence-electron chi connectivity index (χ4n) is 2.52. The van der Waals surface area contributed by atoms with Crippen LogP contribution < -0.4 is 5.32 Å². The zero-order valence-electron chi connectivity index (χ0n) is 14.2. The first-order valence-electron chi connectivity index (χ1n) is 7.70. The summed E-state index contributed by atoms with van der Waals surface area (Å²) in [4.78, 5) is 13.9. The van der Waals surface area contributed by atoms with Crippen LogP contribution in [0.1, 0.15) is 33.6 Å². The summed E-state index contributed by atoms with van der Waals surface area (Å²) >= 11 is 0. The number of amides is 1. The zero-order valence-corrected chi connectivity index (χ0v) is 15.1. The molecule has 23 heavy (non-hydrogen) atoms. The van der Waals surface area contributed by atoms with Gasteiger partial charge in [-0.15, -0.1) is 0 Å². The number of hydrogen-bond donors (Lipinski definition) is 2. The van der Waals surface area contributed by atoms with Crippen molar-refractivity contribution in [1.82, 2.24) is 10.2 Å². The molecule has 8 nitrogen and oxygen atoms in total. The highest BCUT2D eigenvalue weighted by Gasteiger charge is 2.31. The molecule has 1 amide bonds. The molecular weight excluding hydrogens is 324 g/mol. The van der Waals surface area contributed by atoms with Crippen molar-refractivity contribution in [3.05, 3.63) is 0 Å². The largest absolute Gasteiger partial charge is 0.444 e. The van der Waals surface area contributed by atoms with Gasteiger partial charge in [0.25, 0.3) is 10.1 Å². The number of carbonyl (C=O) groups excluding carboxylic acids is 1. The minimum absolute atomic E-state index is 0.146. The Balaban J connectivity index is 2.44. The van der Waals surface area contributed by atoms with E-state index in [0.717, 1.165) is 0 Å². The van der Waals surface area contributed by atoms with E-state index >= 15 is 0 Å². The maximum absolute atomic E-state index is 11.9. The van der Waals surface area contributed by atoms with Gasteiger partial charge in [-0.25, -0.2) is 4.79 Å². The molecule has 0 radical (unpaired) electrons. The average molecular weight is 352 g/mol. The summed E-state index contributed by atoms with van der Waals surface area (Å²) in [6.45, 7) is 7.27. The van der Waals surface area contributed by atoms with E-state index < -0.39 is 21.8 Å². The van der Waals surface area contributed by atoms with Crippen LogP contribution in [0.5, 0.6) is 0 Å². The Kier molecular flexibility index (Phi) is 7.25. The molecule has 2 atom stereocenters. The molecule has 1 aliphatic heterocycles. The fraction of sp³-hybridized carbons (Fsp3) is 0.929. The summed E-state index contributed by atoms with van der Waals surface area (Å²) in [5.41, 5.74) is -0.552. The average Bonchev–Trinajstić information content (AvgIpc) is 2.36. The standard InChI is InChI=1S/C14H28N2O6S/c1-14(2,3)22-13(17)15-11-6-8-16(10-12(11)21-4)7-5-9-23(18,19)20/h11-12H,5-10H2,1-4H3,(H,15,17)(H,18,19,20)/t11-,12-/m0/s1. The highest BCUT2D eigenvalue weighted by atomic mass is 32.2. The highest BCUT2D eigenvalue weighted by molar-refractivity contribution is 7.85. The molecule has 0 saturated carbocycles. The quantitative estimate of drug-likeness (QED) is 0.684. The first-order chi connectivity index (χ1) is 10.5. The van der Waals surface area contributed by atoms with Crippen LogP contribution >= 0.6 is 0 Å². The maximum Gasteiger partial charge on any atom is 0.407 e. The number of nitrogens with one attached hydrogen (secondary N) is 1. The molecular formula is C14H28N2O6S. The lowest BCUT2D eigenvalue weighted by molar-refractivity contribution is -0.00229. The van der Waals surface area contributed by atoms with Crippen molar-refractivity contribution in [3.8, 4) is 0 Å². The predicted molar refractivity (Wildman–Crippen MR) is 86.0 cm³/mol. The summed E-state index contributed by atoms with van der Waals surface area (Å²) in [7, 11) is -2.34. The Morgan fingerprint density at radius 2 is 2.04 bits per heavy atom. The van der Waals surface area contributed by atoms with E-state index in [2.05, 4.69) is 10.2 Å². The molecule has 1 aliphatic rings. The molecule has 1 fully saturated rings. The van der Waals surface area contributed by atoms with Gasteiger partial charge in [-0.3, -0.25) is 4.55 Å². The second-order valence-electron chi connectivity index (χ2n) is 6.76. The molecule has 2 N–H and O–H groups in total. The van der Waals surface area contributed by atoms with E-state index in [9.17, 15) is 13.2 Å². The molecule has 0 aromatic rings. The van der Waals surface area contributed by atoms with Gasteiger partial charge in [-0.1, -0.05) is 0 Å². The van der Waals surface area contributed by atoms with Gasteiger partial charge < -0.3 is 19.7 Å². The van der Waals surface area contributed by atoms with E-state index in [1.807, 2.05) is 0 Å². The van der Waals surface area contributed by atoms with E-state index in [0.29, 0.717) is 32.5 Å². The molecule has 0 aliphatic carbocycles. The molecule has 1 rings (SSSR count). The number of likely N-dealkylation sites (tertiary alicyclic amines) is 1. The first-order valence-corrected chi connectivity index (χ1v) is 9.31. The summed E-state index contributed by atoms with van der Waals surface area (Å²) in [5, 5.41) is 2.83. The first kappa shape index (κ1) is 20.1. The third kappa shape index (κ3) is 8.50. The molecule has 1 heterocycles. The molecule has 0 bridgehead atoms. The number of hydrogen-bond acceptors (Lipinski definition) is 6. The van der Waals surface area contributed by atoms with Crippen molar-refractivity contribution >= 4 is 16.2 Å². The molecule has 0 unspecified atom stereocenters. The van der Waals surface area contributed by atoms with Crippen LogP contribution in [0.15, 0.2) is 0 Å². The minimum atomic E-state index is -3.92. The summed E-state index contributed by atoms with van der Waals surface area (Å²) in [5.74, 6) is -0.249. The van der Waals surface area contributed by atoms with Crippen LogP contribution in [-0.2, 0) is 19.6 Å². The zero-order chi connectivity index (χ0) is 17.7. The smallest absolute Gasteiger partial charge is 0.407 e. The number of piperidine rings is 1. The van der Waals surface area contributed by atoms with Crippen LogP contribution in [0.2, 0.25) is 0 Å². The van der Waals surface area contributed by atoms with E-state index in [4.69, 9.17) is 14.0 Å². The van der Waals surface area contributed by atoms with Crippen molar-refractivity contribution in [2.75, 3.05) is 32.5 Å². The second kappa shape index (κ2) is 8.27. The van der Waals surface area contributed by atoms with Crippen LogP contribution in [0.3, 0.4) is 0 Å². The Morgan fingerprint density at radius 3 is 2.57 bits per heavy atom. The van der Waals surface area contributed by atoms with Gasteiger partial charge >= 0.3 is 6.09 Å². The summed E-state index contributed by atoms with van der Waals surface area (Å²) < 4.78 is 40.9. The minimum Gasteiger partial charge on any atom is -0.444 e. The Hall–Kier alpha value is -0.900. The Labute approximate surface area is 138 Å². The maximum atomic E-state index is 11.9. The third-order valence-corrected chi connectivity index (χ3v) is 4.33. The lowest BCUT2D eigenvalue weighted by atomic mass is 10.0. The van der Waals surface area contributed by atoms with E-state index in [1.165, 1.54) is 0 Å². The van der Waals surface area contributed by atoms with Gasteiger partial charge in [0.2, 0.25) is 0 Å². The molecule has 0 aromatic carbocycles. The molecule has 1 saturated heterocycles. The van der Waals surface area contributed by atoms with Gasteiger partial charge in [0.15, 0.2) is 0 Å². The Morgan fingerprint density at radius 1 is 1.39 bits per heavy atom. The number of ether oxygens (including phenoxy) is 2. The number of alkyl carbamates (subject to hydrolysis) is 1. The van der Waals surface area contributed by atoms with Crippen LogP contribution in [0, 0.1) is 0 Å². The Bertz CT molecular complexity index is 488. The third-order valence-electron chi connectivity index (χ3n) is 3.52. The SMILES string of the molecule is CO[C@H]1CN(CCCS(=O)(=O)O)CC[C@@H]1NC(=O)OC(C)(C)C. The lowest BCUT2D eigenvalue weighted by Gasteiger charge is -2.38. The predicted octanol–water partition coefficient (Wildman–Crippen LogP) is 0.878. The van der Waals surface area contributed by atoms with Crippen molar-refractivity contribution < 1.29 is 27.2 Å². The summed E-state index contributed by atoms with van der Waals surface area (Å²) in [6, 6.07) is -0.146. The number of methoxy groups -OCH3 is 1. The van der Waals surface area contributed by atoms with Gasteiger partial charge in [-0.05, 0) is 40.2 Å². The number of rotatable bonds is 6. The molecule has 9 heteroatoms. The molecule has 136 valence electrons. The lowest BCUT2D eigenvalue weighted by Crippen LogP contribution is -2.55. The highest BCUT2D eigenvalue weighted by Crippen LogP contribution is 2.15. The van der Waals surface area contributed by atoms with Crippen molar-refractivity contribution in [3.63, 3.8) is 0 Å². The van der Waals surface area contributed by atoms with Crippen LogP contribution in [-0.4, -0.2) is 74.2 Å². The van der Waals surface area contributed by atoms with Gasteiger partial charge in [0.05, 0.1) is 17.9 Å². The van der Waals surface area contributed by atoms with Crippen LogP contribution in [0.25, 0.3) is 0 Å². The van der Waals surface area contributed by atoms with E-state index in [-0.39, 0.29) is 17.9 Å². The van der Waals surface area contributed by atoms with Gasteiger partial charge in [0.1, 0.15) is 5.60 Å². The monoisotopic (exact) mass is 352 g/mol. The summed E-state index contributed by atoms with van der Waals surface area (Å²) in [6.07, 6.45) is 0.384. The van der Waals surface area contributed by atoms with Crippen molar-refractivity contribution in [1.29, 1.82) is 0 Å². The van der Waals surface area contributed by atoms with Crippen molar-refractivity contribution in [2.45, 2.75) is 51.4 Å². The van der Waals surface area contributed by atoms with Gasteiger partial charge in [0, 0.05) is 20.2 Å². The molecule has 0 aromatic heterocycles. The number of nitrogens with zero attached hydrogens (tertiary/aromatic N) is 1. The second-order valence-corrected chi connectivity index (χ2v) is 8.33. The number of carbonyl (C=O) groups is 1.